The lowest BCUT2D eigenvalue weighted by Gasteiger charge is -2.18. The molecule has 0 fully saturated rings. The molecule has 1 nitrogen and oxygen atoms in total. The van der Waals surface area contributed by atoms with Gasteiger partial charge in [0.15, 0.2) is 0 Å². The van der Waals surface area contributed by atoms with E-state index in [4.69, 9.17) is 5.73 Å². The van der Waals surface area contributed by atoms with Crippen molar-refractivity contribution in [2.24, 2.45) is 0 Å². The predicted molar refractivity (Wildman–Crippen MR) is 53.5 cm³/mol. The molecule has 0 saturated heterocycles. The molecule has 0 aliphatic carbocycles. The number of hydrogen-bond donors (Lipinski definition) is 1. The Morgan fingerprint density at radius 1 is 1.00 bits per heavy atom. The molecule has 0 unspecified atom stereocenters. The third-order valence-electron chi connectivity index (χ3n) is 2.06. The van der Waals surface area contributed by atoms with Gasteiger partial charge in [0.25, 0.3) is 0 Å². The zero-order valence-electron chi connectivity index (χ0n) is 8.08. The first-order valence-corrected chi connectivity index (χ1v) is 5.33. The van der Waals surface area contributed by atoms with Crippen LogP contribution in [0.5, 0.6) is 0 Å². The van der Waals surface area contributed by atoms with E-state index >= 15 is 0 Å². The molecule has 0 heterocycles. The van der Waals surface area contributed by atoms with Gasteiger partial charge in [0.1, 0.15) is 0 Å². The van der Waals surface area contributed by atoms with Crippen LogP contribution in [0.25, 0.3) is 0 Å². The van der Waals surface area contributed by atoms with E-state index in [2.05, 4.69) is 15.9 Å². The van der Waals surface area contributed by atoms with Crippen LogP contribution in [0.4, 0.5) is 32.0 Å². The highest BCUT2D eigenvalue weighted by Gasteiger charge is 2.41. The summed E-state index contributed by atoms with van der Waals surface area (Å²) in [7, 11) is 0. The van der Waals surface area contributed by atoms with E-state index in [1.807, 2.05) is 0 Å². The topological polar surface area (TPSA) is 26.0 Å². The zero-order chi connectivity index (χ0) is 13.4. The highest BCUT2D eigenvalue weighted by molar-refractivity contribution is 9.08. The molecule has 1 aromatic rings. The number of halogens is 7. The minimum atomic E-state index is -4.92. The first-order chi connectivity index (χ1) is 7.59. The summed E-state index contributed by atoms with van der Waals surface area (Å²) in [5.74, 6) is 0. The van der Waals surface area contributed by atoms with Gasteiger partial charge in [0.2, 0.25) is 0 Å². The molecule has 0 spiro atoms. The number of nitrogens with two attached hydrogens (primary N) is 1. The van der Waals surface area contributed by atoms with Crippen molar-refractivity contribution >= 4 is 21.6 Å². The number of nitrogen functional groups attached to an aromatic ring is 1. The van der Waals surface area contributed by atoms with Crippen molar-refractivity contribution in [3.8, 4) is 0 Å². The maximum absolute atomic E-state index is 12.6. The lowest BCUT2D eigenvalue weighted by Crippen LogP contribution is -2.17. The van der Waals surface area contributed by atoms with Gasteiger partial charge in [0, 0.05) is 5.33 Å². The maximum atomic E-state index is 12.6. The molecule has 0 aromatic heterocycles. The van der Waals surface area contributed by atoms with Crippen LogP contribution in [0.1, 0.15) is 16.7 Å². The number of anilines is 1. The fraction of sp³-hybridized carbons (Fsp3) is 0.333. The molecule has 8 heteroatoms. The van der Waals surface area contributed by atoms with Crippen LogP contribution in [0, 0.1) is 0 Å². The second-order valence-electron chi connectivity index (χ2n) is 3.19. The van der Waals surface area contributed by atoms with E-state index in [1.54, 1.807) is 0 Å². The molecule has 0 bridgehead atoms. The Bertz CT molecular complexity index is 423. The summed E-state index contributed by atoms with van der Waals surface area (Å²) < 4.78 is 75.0. The van der Waals surface area contributed by atoms with Crippen LogP contribution in [0.3, 0.4) is 0 Å². The number of benzene rings is 1. The molecular formula is C9H6BrF6N. The van der Waals surface area contributed by atoms with E-state index in [0.717, 1.165) is 6.07 Å². The van der Waals surface area contributed by atoms with E-state index in [1.165, 1.54) is 0 Å². The van der Waals surface area contributed by atoms with Gasteiger partial charge >= 0.3 is 12.4 Å². The van der Waals surface area contributed by atoms with Gasteiger partial charge in [-0.1, -0.05) is 22.0 Å². The number of rotatable bonds is 1. The SMILES string of the molecule is Nc1c(C(F)(F)F)ccc(CBr)c1C(F)(F)F. The molecule has 0 radical (unpaired) electrons. The smallest absolute Gasteiger partial charge is 0.398 e. The second-order valence-corrected chi connectivity index (χ2v) is 3.75. The molecule has 0 aliphatic rings. The Morgan fingerprint density at radius 2 is 1.53 bits per heavy atom. The molecule has 1 rings (SSSR count). The van der Waals surface area contributed by atoms with Gasteiger partial charge < -0.3 is 5.73 Å². The van der Waals surface area contributed by atoms with E-state index in [9.17, 15) is 26.3 Å². The first kappa shape index (κ1) is 14.1. The second kappa shape index (κ2) is 4.40. The van der Waals surface area contributed by atoms with Gasteiger partial charge in [-0.3, -0.25) is 0 Å². The molecule has 17 heavy (non-hydrogen) atoms. The van der Waals surface area contributed by atoms with Crippen molar-refractivity contribution in [1.82, 2.24) is 0 Å². The summed E-state index contributed by atoms with van der Waals surface area (Å²) in [5.41, 5.74) is 0.433. The lowest BCUT2D eigenvalue weighted by atomic mass is 10.0. The van der Waals surface area contributed by atoms with Crippen molar-refractivity contribution in [2.75, 3.05) is 5.73 Å². The van der Waals surface area contributed by atoms with Crippen molar-refractivity contribution in [2.45, 2.75) is 17.7 Å². The molecule has 0 atom stereocenters. The summed E-state index contributed by atoms with van der Waals surface area (Å²) in [6.45, 7) is 0. The molecule has 96 valence electrons. The Morgan fingerprint density at radius 3 is 1.88 bits per heavy atom. The minimum Gasteiger partial charge on any atom is -0.398 e. The standard InChI is InChI=1S/C9H6BrF6N/c10-3-4-1-2-5(8(11,12)13)7(17)6(4)9(14,15)16/h1-2H,3,17H2. The Balaban J connectivity index is 3.55. The highest BCUT2D eigenvalue weighted by Crippen LogP contribution is 2.43. The van der Waals surface area contributed by atoms with Crippen LogP contribution in [-0.4, -0.2) is 0 Å². The largest absolute Gasteiger partial charge is 0.418 e. The monoisotopic (exact) mass is 321 g/mol. The quantitative estimate of drug-likeness (QED) is 0.468. The molecule has 2 N–H and O–H groups in total. The van der Waals surface area contributed by atoms with E-state index < -0.39 is 29.2 Å². The van der Waals surface area contributed by atoms with Crippen molar-refractivity contribution < 1.29 is 26.3 Å². The normalized spacial score (nSPS) is 12.9. The zero-order valence-corrected chi connectivity index (χ0v) is 9.67. The fourth-order valence-corrected chi connectivity index (χ4v) is 1.83. The third-order valence-corrected chi connectivity index (χ3v) is 2.67. The summed E-state index contributed by atoms with van der Waals surface area (Å²) in [6, 6.07) is 1.30. The minimum absolute atomic E-state index is 0.232. The maximum Gasteiger partial charge on any atom is 0.418 e. The number of alkyl halides is 7. The van der Waals surface area contributed by atoms with Crippen LogP contribution in [0.2, 0.25) is 0 Å². The molecule has 1 aromatic carbocycles. The first-order valence-electron chi connectivity index (χ1n) is 4.20. The van der Waals surface area contributed by atoms with E-state index in [0.29, 0.717) is 6.07 Å². The Kier molecular flexibility index (Phi) is 3.66. The van der Waals surface area contributed by atoms with E-state index in [-0.39, 0.29) is 10.9 Å². The van der Waals surface area contributed by atoms with Crippen molar-refractivity contribution in [3.63, 3.8) is 0 Å². The molecule has 0 aliphatic heterocycles. The summed E-state index contributed by atoms with van der Waals surface area (Å²) >= 11 is 2.77. The van der Waals surface area contributed by atoms with Crippen molar-refractivity contribution in [1.29, 1.82) is 0 Å². The number of hydrogen-bond acceptors (Lipinski definition) is 1. The summed E-state index contributed by atoms with van der Waals surface area (Å²) in [6.07, 6.45) is -9.83. The average molecular weight is 322 g/mol. The van der Waals surface area contributed by atoms with Gasteiger partial charge in [0.05, 0.1) is 16.8 Å². The Hall–Kier alpha value is -0.920. The van der Waals surface area contributed by atoms with Gasteiger partial charge in [-0.05, 0) is 11.6 Å². The van der Waals surface area contributed by atoms with Crippen molar-refractivity contribution in [3.05, 3.63) is 28.8 Å². The van der Waals surface area contributed by atoms with Gasteiger partial charge in [-0.25, -0.2) is 0 Å². The highest BCUT2D eigenvalue weighted by atomic mass is 79.9. The molecule has 0 amide bonds. The average Bonchev–Trinajstić information content (AvgIpc) is 2.12. The Labute approximate surface area is 101 Å². The predicted octanol–water partition coefficient (Wildman–Crippen LogP) is 4.20. The van der Waals surface area contributed by atoms with Crippen LogP contribution in [0.15, 0.2) is 12.1 Å². The summed E-state index contributed by atoms with van der Waals surface area (Å²) in [4.78, 5) is 0. The lowest BCUT2D eigenvalue weighted by molar-refractivity contribution is -0.142. The summed E-state index contributed by atoms with van der Waals surface area (Å²) in [5, 5.41) is -0.232. The van der Waals surface area contributed by atoms with Gasteiger partial charge in [-0.2, -0.15) is 26.3 Å². The molecular weight excluding hydrogens is 316 g/mol. The molecule has 0 saturated carbocycles. The fourth-order valence-electron chi connectivity index (χ4n) is 1.36. The van der Waals surface area contributed by atoms with Gasteiger partial charge in [-0.15, -0.1) is 0 Å². The third kappa shape index (κ3) is 2.85. The van der Waals surface area contributed by atoms with Crippen LogP contribution in [-0.2, 0) is 17.7 Å². The van der Waals surface area contributed by atoms with Crippen LogP contribution >= 0.6 is 15.9 Å². The van der Waals surface area contributed by atoms with Crippen LogP contribution < -0.4 is 5.73 Å².